The highest BCUT2D eigenvalue weighted by molar-refractivity contribution is 5.74. The number of piperazine rings is 1. The number of rotatable bonds is 5. The molecule has 0 unspecified atom stereocenters. The van der Waals surface area contributed by atoms with Crippen LogP contribution in [-0.4, -0.2) is 64.0 Å². The van der Waals surface area contributed by atoms with E-state index in [1.165, 1.54) is 6.33 Å². The summed E-state index contributed by atoms with van der Waals surface area (Å²) in [5.74, 6) is 1.50. The summed E-state index contributed by atoms with van der Waals surface area (Å²) in [4.78, 5) is 25.0. The van der Waals surface area contributed by atoms with Crippen LogP contribution in [0.5, 0.6) is 5.75 Å². The van der Waals surface area contributed by atoms with Gasteiger partial charge >= 0.3 is 6.03 Å². The number of benzene rings is 1. The molecule has 1 fully saturated rings. The van der Waals surface area contributed by atoms with Gasteiger partial charge in [0.25, 0.3) is 0 Å². The lowest BCUT2D eigenvalue weighted by Gasteiger charge is -2.36. The Morgan fingerprint density at radius 2 is 1.93 bits per heavy atom. The number of methoxy groups -OCH3 is 1. The van der Waals surface area contributed by atoms with Gasteiger partial charge in [-0.15, -0.1) is 0 Å². The first-order valence-electron chi connectivity index (χ1n) is 9.45. The Balaban J connectivity index is 1.32. The van der Waals surface area contributed by atoms with Gasteiger partial charge in [0.2, 0.25) is 0 Å². The highest BCUT2D eigenvalue weighted by Gasteiger charge is 2.21. The molecule has 3 heterocycles. The number of ether oxygens (including phenoxy) is 1. The van der Waals surface area contributed by atoms with Crippen molar-refractivity contribution in [1.82, 2.24) is 30.0 Å². The topological polar surface area (TPSA) is 88.4 Å². The van der Waals surface area contributed by atoms with Crippen LogP contribution in [0.2, 0.25) is 0 Å². The number of anilines is 1. The van der Waals surface area contributed by atoms with Gasteiger partial charge in [-0.05, 0) is 30.3 Å². The fourth-order valence-corrected chi connectivity index (χ4v) is 3.34. The molecular formula is C20H23N7O2. The molecule has 1 aliphatic heterocycles. The van der Waals surface area contributed by atoms with Crippen LogP contribution in [0.4, 0.5) is 10.5 Å². The molecule has 2 aromatic heterocycles. The second-order valence-corrected chi connectivity index (χ2v) is 6.66. The summed E-state index contributed by atoms with van der Waals surface area (Å²) in [7, 11) is 1.66. The molecule has 150 valence electrons. The summed E-state index contributed by atoms with van der Waals surface area (Å²) < 4.78 is 6.80. The first-order valence-corrected chi connectivity index (χ1v) is 9.45. The van der Waals surface area contributed by atoms with Crippen LogP contribution in [-0.2, 0) is 6.54 Å². The number of urea groups is 1. The number of hydrogen-bond donors (Lipinski definition) is 1. The third kappa shape index (κ3) is 4.29. The zero-order valence-corrected chi connectivity index (χ0v) is 16.2. The summed E-state index contributed by atoms with van der Waals surface area (Å²) in [6, 6.07) is 11.7. The number of pyridine rings is 1. The van der Waals surface area contributed by atoms with Gasteiger partial charge in [0.15, 0.2) is 5.82 Å². The van der Waals surface area contributed by atoms with E-state index >= 15 is 0 Å². The largest absolute Gasteiger partial charge is 0.497 e. The van der Waals surface area contributed by atoms with Crippen LogP contribution >= 0.6 is 0 Å². The van der Waals surface area contributed by atoms with E-state index in [9.17, 15) is 4.79 Å². The normalized spacial score (nSPS) is 14.0. The Bertz CT molecular complexity index is 936. The van der Waals surface area contributed by atoms with E-state index in [1.807, 2.05) is 41.3 Å². The van der Waals surface area contributed by atoms with E-state index in [0.717, 1.165) is 30.1 Å². The Morgan fingerprint density at radius 3 is 2.62 bits per heavy atom. The van der Waals surface area contributed by atoms with Crippen molar-refractivity contribution < 1.29 is 9.53 Å². The highest BCUT2D eigenvalue weighted by atomic mass is 16.5. The van der Waals surface area contributed by atoms with Crippen LogP contribution < -0.4 is 15.0 Å². The average molecular weight is 393 g/mol. The molecule has 1 N–H and O–H groups in total. The number of aromatic nitrogens is 4. The molecule has 1 aromatic carbocycles. The van der Waals surface area contributed by atoms with Gasteiger partial charge in [-0.3, -0.25) is 0 Å². The molecule has 0 bridgehead atoms. The maximum atomic E-state index is 12.6. The van der Waals surface area contributed by atoms with Gasteiger partial charge in [0.05, 0.1) is 7.11 Å². The molecule has 4 rings (SSSR count). The van der Waals surface area contributed by atoms with Gasteiger partial charge in [0, 0.05) is 50.2 Å². The Hall–Kier alpha value is -3.62. The lowest BCUT2D eigenvalue weighted by Crippen LogP contribution is -2.51. The van der Waals surface area contributed by atoms with Gasteiger partial charge in [0.1, 0.15) is 18.4 Å². The minimum Gasteiger partial charge on any atom is -0.497 e. The third-order valence-electron chi connectivity index (χ3n) is 4.94. The SMILES string of the molecule is COc1ccc(N2CCN(C(=O)NCc3cccnc3-n3cncn3)CC2)cc1. The van der Waals surface area contributed by atoms with Crippen molar-refractivity contribution in [3.63, 3.8) is 0 Å². The Kier molecular flexibility index (Phi) is 5.55. The number of nitrogens with zero attached hydrogens (tertiary/aromatic N) is 6. The fourth-order valence-electron chi connectivity index (χ4n) is 3.34. The van der Waals surface area contributed by atoms with Crippen LogP contribution in [0.3, 0.4) is 0 Å². The predicted molar refractivity (Wildman–Crippen MR) is 108 cm³/mol. The molecule has 3 aromatic rings. The second-order valence-electron chi connectivity index (χ2n) is 6.66. The molecule has 1 aliphatic rings. The molecule has 29 heavy (non-hydrogen) atoms. The van der Waals surface area contributed by atoms with Crippen LogP contribution in [0.25, 0.3) is 5.82 Å². The van der Waals surface area contributed by atoms with E-state index in [2.05, 4.69) is 25.3 Å². The minimum atomic E-state index is -0.0761. The summed E-state index contributed by atoms with van der Waals surface area (Å²) >= 11 is 0. The van der Waals surface area contributed by atoms with Crippen molar-refractivity contribution in [3.05, 3.63) is 60.8 Å². The van der Waals surface area contributed by atoms with Crippen molar-refractivity contribution in [1.29, 1.82) is 0 Å². The Labute approximate surface area is 168 Å². The van der Waals surface area contributed by atoms with Crippen molar-refractivity contribution >= 4 is 11.7 Å². The molecule has 2 amide bonds. The zero-order chi connectivity index (χ0) is 20.1. The van der Waals surface area contributed by atoms with E-state index in [-0.39, 0.29) is 6.03 Å². The predicted octanol–water partition coefficient (Wildman–Crippen LogP) is 1.70. The van der Waals surface area contributed by atoms with E-state index < -0.39 is 0 Å². The number of amides is 2. The van der Waals surface area contributed by atoms with Gasteiger partial charge in [-0.1, -0.05) is 6.07 Å². The Morgan fingerprint density at radius 1 is 1.14 bits per heavy atom. The third-order valence-corrected chi connectivity index (χ3v) is 4.94. The van der Waals surface area contributed by atoms with E-state index in [1.54, 1.807) is 24.3 Å². The summed E-state index contributed by atoms with van der Waals surface area (Å²) in [6.07, 6.45) is 4.74. The lowest BCUT2D eigenvalue weighted by molar-refractivity contribution is 0.194. The van der Waals surface area contributed by atoms with Crippen molar-refractivity contribution in [2.75, 3.05) is 38.2 Å². The number of carbonyl (C=O) groups is 1. The van der Waals surface area contributed by atoms with Gasteiger partial charge in [-0.2, -0.15) is 5.10 Å². The number of carbonyl (C=O) groups excluding carboxylic acids is 1. The quantitative estimate of drug-likeness (QED) is 0.710. The summed E-state index contributed by atoms with van der Waals surface area (Å²) in [5.41, 5.74) is 2.02. The first-order chi connectivity index (χ1) is 14.2. The van der Waals surface area contributed by atoms with E-state index in [0.29, 0.717) is 25.5 Å². The maximum absolute atomic E-state index is 12.6. The monoisotopic (exact) mass is 393 g/mol. The number of nitrogens with one attached hydrogen (secondary N) is 1. The molecule has 0 aliphatic carbocycles. The molecule has 0 spiro atoms. The lowest BCUT2D eigenvalue weighted by atomic mass is 10.2. The van der Waals surface area contributed by atoms with Crippen molar-refractivity contribution in [2.24, 2.45) is 0 Å². The van der Waals surface area contributed by atoms with Crippen molar-refractivity contribution in [3.8, 4) is 11.6 Å². The molecular weight excluding hydrogens is 370 g/mol. The molecule has 0 atom stereocenters. The zero-order valence-electron chi connectivity index (χ0n) is 16.2. The molecule has 1 saturated heterocycles. The summed E-state index contributed by atoms with van der Waals surface area (Å²) in [6.45, 7) is 3.29. The molecule has 0 radical (unpaired) electrons. The average Bonchev–Trinajstić information content (AvgIpc) is 3.33. The summed E-state index contributed by atoms with van der Waals surface area (Å²) in [5, 5.41) is 7.11. The highest BCUT2D eigenvalue weighted by Crippen LogP contribution is 2.20. The standard InChI is InChI=1S/C20H23N7O2/c1-29-18-6-4-17(5-7-18)25-9-11-26(12-10-25)20(28)23-13-16-3-2-8-22-19(16)27-15-21-14-24-27/h2-8,14-15H,9-13H2,1H3,(H,23,28). The van der Waals surface area contributed by atoms with Crippen LogP contribution in [0.15, 0.2) is 55.2 Å². The second kappa shape index (κ2) is 8.59. The van der Waals surface area contributed by atoms with Crippen LogP contribution in [0, 0.1) is 0 Å². The van der Waals surface area contributed by atoms with Gasteiger partial charge < -0.3 is 19.9 Å². The number of hydrogen-bond acceptors (Lipinski definition) is 6. The molecule has 9 heteroatoms. The van der Waals surface area contributed by atoms with Gasteiger partial charge in [-0.25, -0.2) is 19.4 Å². The fraction of sp³-hybridized carbons (Fsp3) is 0.300. The van der Waals surface area contributed by atoms with Crippen LogP contribution in [0.1, 0.15) is 5.56 Å². The van der Waals surface area contributed by atoms with E-state index in [4.69, 9.17) is 4.74 Å². The minimum absolute atomic E-state index is 0.0761. The maximum Gasteiger partial charge on any atom is 0.317 e. The first kappa shape index (κ1) is 18.7. The molecule has 9 nitrogen and oxygen atoms in total. The molecule has 0 saturated carbocycles. The van der Waals surface area contributed by atoms with Crippen molar-refractivity contribution in [2.45, 2.75) is 6.54 Å². The smallest absolute Gasteiger partial charge is 0.317 e.